The number of ketones is 2. The van der Waals surface area contributed by atoms with E-state index in [4.69, 9.17) is 0 Å². The zero-order valence-corrected chi connectivity index (χ0v) is 34.3. The fourth-order valence-corrected chi connectivity index (χ4v) is 7.64. The van der Waals surface area contributed by atoms with Crippen LogP contribution in [0, 0.1) is 0 Å². The van der Waals surface area contributed by atoms with Gasteiger partial charge in [0, 0.05) is 69.9 Å². The van der Waals surface area contributed by atoms with Crippen molar-refractivity contribution >= 4 is 45.9 Å². The van der Waals surface area contributed by atoms with Crippen molar-refractivity contribution < 1.29 is 44.6 Å². The number of anilines is 1. The summed E-state index contributed by atoms with van der Waals surface area (Å²) in [5.74, 6) is -2.95. The van der Waals surface area contributed by atoms with Gasteiger partial charge in [0.2, 0.25) is 0 Å². The molecule has 62 heavy (non-hydrogen) atoms. The van der Waals surface area contributed by atoms with Crippen molar-refractivity contribution in [1.29, 1.82) is 0 Å². The first-order valence-corrected chi connectivity index (χ1v) is 20.6. The van der Waals surface area contributed by atoms with E-state index in [2.05, 4.69) is 10.2 Å². The molecule has 3 amide bonds. The minimum atomic E-state index is -1.66. The summed E-state index contributed by atoms with van der Waals surface area (Å²) in [6.07, 6.45) is 6.63. The molecule has 328 valence electrons. The normalized spacial score (nSPS) is 17.9. The third kappa shape index (κ3) is 10.1. The van der Waals surface area contributed by atoms with Gasteiger partial charge in [0.1, 0.15) is 23.4 Å². The van der Waals surface area contributed by atoms with Crippen LogP contribution in [0.5, 0.6) is 0 Å². The van der Waals surface area contributed by atoms with Crippen LogP contribution in [-0.4, -0.2) is 150 Å². The average molecular weight is 854 g/mol. The summed E-state index contributed by atoms with van der Waals surface area (Å²) >= 11 is 0. The number of fused-ring (bicyclic) bond motifs is 1. The molecule has 18 nitrogen and oxygen atoms in total. The molecule has 0 saturated carbocycles. The van der Waals surface area contributed by atoms with Crippen LogP contribution in [0.4, 0.5) is 5.69 Å². The molecule has 18 heteroatoms. The number of unbranched alkanes of at least 4 members (excludes halogenated alkanes) is 1. The number of pyridine rings is 2. The number of nitrogens with one attached hydrogen (secondary N) is 1. The monoisotopic (exact) mass is 853 g/mol. The molecular formula is C44H51N7O11. The average Bonchev–Trinajstić information content (AvgIpc) is 3.23. The second-order valence-corrected chi connectivity index (χ2v) is 15.3. The lowest BCUT2D eigenvalue weighted by Gasteiger charge is -2.43. The highest BCUT2D eigenvalue weighted by Crippen LogP contribution is 2.23. The van der Waals surface area contributed by atoms with Crippen molar-refractivity contribution in [1.82, 2.24) is 29.1 Å². The summed E-state index contributed by atoms with van der Waals surface area (Å²) in [5.41, 5.74) is -1.02. The van der Waals surface area contributed by atoms with Gasteiger partial charge in [-0.25, -0.2) is 0 Å². The second kappa shape index (κ2) is 20.3. The third-order valence-corrected chi connectivity index (χ3v) is 11.3. The highest BCUT2D eigenvalue weighted by molar-refractivity contribution is 6.08. The zero-order chi connectivity index (χ0) is 44.5. The number of carbonyl (C=O) groups excluding carboxylic acids is 5. The number of aliphatic hydroxyl groups excluding tert-OH is 2. The fraction of sp³-hybridized carbons (Fsp3) is 0.386. The molecule has 6 rings (SSSR count). The molecule has 1 aliphatic heterocycles. The van der Waals surface area contributed by atoms with E-state index in [0.29, 0.717) is 41.6 Å². The topological polar surface area (TPSA) is 235 Å². The maximum atomic E-state index is 14.0. The van der Waals surface area contributed by atoms with Gasteiger partial charge in [0.25, 0.3) is 28.8 Å². The Labute approximate surface area is 356 Å². The number of hydrogen-bond acceptors (Lipinski definition) is 13. The molecule has 0 radical (unpaired) electrons. The smallest absolute Gasteiger partial charge is 0.283 e. The van der Waals surface area contributed by atoms with Crippen LogP contribution in [0.3, 0.4) is 0 Å². The Morgan fingerprint density at radius 2 is 1.27 bits per heavy atom. The van der Waals surface area contributed by atoms with E-state index in [-0.39, 0.29) is 72.4 Å². The maximum absolute atomic E-state index is 14.0. The molecule has 0 spiro atoms. The summed E-state index contributed by atoms with van der Waals surface area (Å²) in [4.78, 5) is 97.1. The van der Waals surface area contributed by atoms with Crippen LogP contribution in [0.25, 0.3) is 10.9 Å². The predicted molar refractivity (Wildman–Crippen MR) is 227 cm³/mol. The summed E-state index contributed by atoms with van der Waals surface area (Å²) in [7, 11) is 0. The van der Waals surface area contributed by atoms with Gasteiger partial charge in [0.05, 0.1) is 23.0 Å². The van der Waals surface area contributed by atoms with Crippen LogP contribution in [0.2, 0.25) is 0 Å². The third-order valence-electron chi connectivity index (χ3n) is 11.3. The number of likely N-dealkylation sites (tertiary alicyclic amines) is 1. The van der Waals surface area contributed by atoms with E-state index in [1.807, 2.05) is 6.92 Å². The van der Waals surface area contributed by atoms with Crippen molar-refractivity contribution in [3.63, 3.8) is 0 Å². The Hall–Kier alpha value is -6.63. The lowest BCUT2D eigenvalue weighted by molar-refractivity contribution is -0.138. The molecule has 3 aliphatic rings. The summed E-state index contributed by atoms with van der Waals surface area (Å²) in [5, 5.41) is 45.9. The van der Waals surface area contributed by atoms with Gasteiger partial charge in [-0.15, -0.1) is 9.46 Å². The molecule has 0 bridgehead atoms. The number of hydrogen-bond donors (Lipinski definition) is 5. The second-order valence-electron chi connectivity index (χ2n) is 15.3. The number of rotatable bonds is 19. The fourth-order valence-electron chi connectivity index (χ4n) is 7.64. The van der Waals surface area contributed by atoms with Crippen LogP contribution >= 0.6 is 0 Å². The first-order chi connectivity index (χ1) is 29.8. The Morgan fingerprint density at radius 1 is 0.694 bits per heavy atom. The van der Waals surface area contributed by atoms with E-state index >= 15 is 0 Å². The molecule has 5 N–H and O–H groups in total. The van der Waals surface area contributed by atoms with Crippen molar-refractivity contribution in [3.8, 4) is 0 Å². The van der Waals surface area contributed by atoms with Gasteiger partial charge < -0.3 is 40.6 Å². The number of nitrogens with zero attached hydrogens (tertiary/aromatic N) is 6. The molecule has 3 heterocycles. The van der Waals surface area contributed by atoms with Crippen molar-refractivity contribution in [2.45, 2.75) is 57.4 Å². The first-order valence-electron chi connectivity index (χ1n) is 20.6. The van der Waals surface area contributed by atoms with Gasteiger partial charge in [-0.2, -0.15) is 0 Å². The molecule has 3 aromatic rings. The summed E-state index contributed by atoms with van der Waals surface area (Å²) < 4.78 is 0.836. The molecule has 1 saturated heterocycles. The molecule has 2 aromatic heterocycles. The largest absolute Gasteiger partial charge is 0.425 e. The van der Waals surface area contributed by atoms with Gasteiger partial charge in [-0.3, -0.25) is 38.5 Å². The van der Waals surface area contributed by atoms with E-state index < -0.39 is 52.6 Å². The molecule has 1 aromatic carbocycles. The highest BCUT2D eigenvalue weighted by Gasteiger charge is 2.35. The van der Waals surface area contributed by atoms with Gasteiger partial charge >= 0.3 is 0 Å². The van der Waals surface area contributed by atoms with Gasteiger partial charge in [0.15, 0.2) is 11.6 Å². The van der Waals surface area contributed by atoms with E-state index in [1.165, 1.54) is 64.5 Å². The number of carbonyl (C=O) groups is 5. The predicted octanol–water partition coefficient (Wildman–Crippen LogP) is 1.31. The number of para-hydroxylation sites is 1. The minimum Gasteiger partial charge on any atom is -0.425 e. The number of amides is 3. The Morgan fingerprint density at radius 3 is 1.92 bits per heavy atom. The van der Waals surface area contributed by atoms with Crippen molar-refractivity contribution in [2.24, 2.45) is 0 Å². The lowest BCUT2D eigenvalue weighted by atomic mass is 9.98. The molecule has 3 atom stereocenters. The summed E-state index contributed by atoms with van der Waals surface area (Å²) in [6.45, 7) is 4.36. The lowest BCUT2D eigenvalue weighted by Crippen LogP contribution is -2.56. The highest BCUT2D eigenvalue weighted by atomic mass is 16.5. The Bertz CT molecular complexity index is 2450. The van der Waals surface area contributed by atoms with Crippen molar-refractivity contribution in [3.05, 3.63) is 123 Å². The molecule has 2 aliphatic carbocycles. The number of benzene rings is 1. The zero-order valence-electron chi connectivity index (χ0n) is 34.3. The van der Waals surface area contributed by atoms with Crippen molar-refractivity contribution in [2.75, 3.05) is 57.7 Å². The standard InChI is InChI=1S/C44H51N7O11/c1-29(46-25-9-26-46)49(43(59)32-13-6-17-36(53)41(32)57)28-10-27-47(42(58)31-12-5-16-35(52)40(31)56)22-2-3-23-48(44(60)34-15-7-18-37(54)50(34)61)24-8-21-45-33-14-4-11-30-19-20-38(55)51(62)39(30)33/h4-7,11-20,29,40-41,45,56-57,61-62H,2-3,8-10,21-28H2,1H3. The van der Waals surface area contributed by atoms with E-state index in [9.17, 15) is 54.2 Å². The molecular weight excluding hydrogens is 803 g/mol. The minimum absolute atomic E-state index is 0.0492. The van der Waals surface area contributed by atoms with E-state index in [0.717, 1.165) is 25.6 Å². The number of aliphatic hydroxyl groups is 2. The van der Waals surface area contributed by atoms with Crippen LogP contribution in [0.15, 0.2) is 106 Å². The quantitative estimate of drug-likeness (QED) is 0.0847. The number of allylic oxidation sites excluding steroid dienone is 4. The van der Waals surface area contributed by atoms with E-state index in [1.54, 1.807) is 29.2 Å². The number of aromatic nitrogens is 2. The van der Waals surface area contributed by atoms with Crippen LogP contribution in [-0.2, 0) is 19.2 Å². The Balaban J connectivity index is 1.14. The SMILES string of the molecule is CC(N1CCC1)N(CCCN(CCCCN(CCCNc1cccc2ccc(=O)n(O)c12)C(=O)c1cccc(=O)n1O)C(=O)C1=CC=CC(=O)C1O)C(=O)C1=CC=CC(=O)C1O. The van der Waals surface area contributed by atoms with Crippen LogP contribution < -0.4 is 16.4 Å². The van der Waals surface area contributed by atoms with Crippen LogP contribution in [0.1, 0.15) is 49.5 Å². The van der Waals surface area contributed by atoms with Gasteiger partial charge in [-0.1, -0.05) is 42.5 Å². The summed E-state index contributed by atoms with van der Waals surface area (Å²) in [6, 6.07) is 11.9. The Kier molecular flexibility index (Phi) is 14.7. The van der Waals surface area contributed by atoms with Gasteiger partial charge in [-0.05, 0) is 69.4 Å². The molecule has 3 unspecified atom stereocenters. The molecule has 1 fully saturated rings. The first kappa shape index (κ1) is 44.9. The maximum Gasteiger partial charge on any atom is 0.283 e.